The van der Waals surface area contributed by atoms with Gasteiger partial charge in [-0.3, -0.25) is 9.58 Å². The smallest absolute Gasteiger partial charge is 0.256 e. The molecular weight excluding hydrogens is 636 g/mol. The van der Waals surface area contributed by atoms with Gasteiger partial charge in [-0.05, 0) is 70.1 Å². The molecule has 1 aromatic carbocycles. The predicted molar refractivity (Wildman–Crippen MR) is 185 cm³/mol. The number of nitrogens with zero attached hydrogens (tertiary/aromatic N) is 9. The lowest BCUT2D eigenvalue weighted by molar-refractivity contribution is -0.0458. The topological polar surface area (TPSA) is 150 Å². The van der Waals surface area contributed by atoms with E-state index in [1.165, 1.54) is 19.2 Å². The van der Waals surface area contributed by atoms with E-state index < -0.39 is 0 Å². The van der Waals surface area contributed by atoms with Crippen LogP contribution in [-0.4, -0.2) is 96.7 Å². The molecule has 1 saturated carbocycles. The number of fused-ring (bicyclic) bond motifs is 2. The van der Waals surface area contributed by atoms with Gasteiger partial charge in [0.25, 0.3) is 5.88 Å². The highest BCUT2D eigenvalue weighted by Crippen LogP contribution is 2.39. The maximum absolute atomic E-state index is 9.69. The fourth-order valence-corrected chi connectivity index (χ4v) is 7.47. The number of aromatic nitrogens is 7. The van der Waals surface area contributed by atoms with E-state index in [9.17, 15) is 5.26 Å². The minimum atomic E-state index is -0.230. The first-order chi connectivity index (χ1) is 24.5. The van der Waals surface area contributed by atoms with E-state index >= 15 is 0 Å². The Hall–Kier alpha value is -4.58. The number of ether oxygens (including phenoxy) is 4. The molecule has 1 unspecified atom stereocenters. The van der Waals surface area contributed by atoms with Crippen molar-refractivity contribution < 1.29 is 18.9 Å². The SMILES string of the molecule is COC(C)CCOc1nn(C2CCC(N3[C@@H]4CC[C@H]3COC4)CC2)cc1Nc1ncc(-c2ccc(C#N)c(O[C@@H](C)Cn3cncn3)c2)cn1. The maximum atomic E-state index is 9.69. The molecule has 1 N–H and O–H groups in total. The molecule has 3 aromatic heterocycles. The van der Waals surface area contributed by atoms with Crippen molar-refractivity contribution in [1.82, 2.24) is 39.4 Å². The zero-order valence-corrected chi connectivity index (χ0v) is 29.0. The summed E-state index contributed by atoms with van der Waals surface area (Å²) in [5.74, 6) is 1.45. The Kier molecular flexibility index (Phi) is 10.5. The predicted octanol–water partition coefficient (Wildman–Crippen LogP) is 5.17. The molecule has 7 rings (SSSR count). The molecule has 264 valence electrons. The van der Waals surface area contributed by atoms with Gasteiger partial charge in [0, 0.05) is 49.6 Å². The van der Waals surface area contributed by atoms with Crippen LogP contribution in [0.25, 0.3) is 11.1 Å². The van der Waals surface area contributed by atoms with Gasteiger partial charge in [-0.2, -0.15) is 10.4 Å². The van der Waals surface area contributed by atoms with Crippen molar-refractivity contribution in [3.63, 3.8) is 0 Å². The Labute approximate surface area is 292 Å². The van der Waals surface area contributed by atoms with Gasteiger partial charge < -0.3 is 24.3 Å². The number of nitriles is 1. The first-order valence-electron chi connectivity index (χ1n) is 17.7. The third-order valence-electron chi connectivity index (χ3n) is 10.2. The van der Waals surface area contributed by atoms with Gasteiger partial charge >= 0.3 is 0 Å². The third-order valence-corrected chi connectivity index (χ3v) is 10.2. The van der Waals surface area contributed by atoms with Crippen molar-refractivity contribution in [2.75, 3.05) is 32.2 Å². The molecule has 50 heavy (non-hydrogen) atoms. The molecular formula is C36H46N10O4. The highest BCUT2D eigenvalue weighted by molar-refractivity contribution is 5.67. The first kappa shape index (κ1) is 33.9. The van der Waals surface area contributed by atoms with E-state index in [2.05, 4.69) is 41.0 Å². The monoisotopic (exact) mass is 682 g/mol. The normalized spacial score (nSPS) is 23.2. The third kappa shape index (κ3) is 7.75. The van der Waals surface area contributed by atoms with Gasteiger partial charge in [-0.15, -0.1) is 5.10 Å². The second kappa shape index (κ2) is 15.5. The molecule has 1 aliphatic carbocycles. The molecule has 0 spiro atoms. The number of rotatable bonds is 14. The van der Waals surface area contributed by atoms with Gasteiger partial charge in [0.2, 0.25) is 5.95 Å². The Morgan fingerprint density at radius 3 is 2.42 bits per heavy atom. The number of hydrogen-bond donors (Lipinski definition) is 1. The molecule has 2 saturated heterocycles. The van der Waals surface area contributed by atoms with E-state index in [1.54, 1.807) is 36.6 Å². The molecule has 0 amide bonds. The second-order valence-corrected chi connectivity index (χ2v) is 13.6. The van der Waals surface area contributed by atoms with Crippen LogP contribution in [-0.2, 0) is 16.0 Å². The van der Waals surface area contributed by atoms with Crippen molar-refractivity contribution in [3.05, 3.63) is 55.0 Å². The summed E-state index contributed by atoms with van der Waals surface area (Å²) in [5, 5.41) is 22.1. The minimum Gasteiger partial charge on any atom is -0.487 e. The van der Waals surface area contributed by atoms with Crippen LogP contribution in [0.4, 0.5) is 11.6 Å². The lowest BCUT2D eigenvalue weighted by Crippen LogP contribution is -2.52. The molecule has 3 aliphatic rings. The van der Waals surface area contributed by atoms with Crippen molar-refractivity contribution >= 4 is 11.6 Å². The summed E-state index contributed by atoms with van der Waals surface area (Å²) in [6, 6.07) is 9.78. The van der Waals surface area contributed by atoms with Crippen LogP contribution in [0.3, 0.4) is 0 Å². The van der Waals surface area contributed by atoms with Crippen LogP contribution in [0.15, 0.2) is 49.4 Å². The van der Waals surface area contributed by atoms with Crippen molar-refractivity contribution in [3.8, 4) is 28.8 Å². The first-order valence-corrected chi connectivity index (χ1v) is 17.7. The number of anilines is 2. The lowest BCUT2D eigenvalue weighted by Gasteiger charge is -2.43. The van der Waals surface area contributed by atoms with Crippen LogP contribution in [0.5, 0.6) is 11.6 Å². The number of benzene rings is 1. The van der Waals surface area contributed by atoms with E-state index in [0.717, 1.165) is 62.1 Å². The Morgan fingerprint density at radius 1 is 0.980 bits per heavy atom. The number of methoxy groups -OCH3 is 1. The molecule has 14 nitrogen and oxygen atoms in total. The highest BCUT2D eigenvalue weighted by Gasteiger charge is 2.42. The van der Waals surface area contributed by atoms with Crippen LogP contribution in [0.2, 0.25) is 0 Å². The van der Waals surface area contributed by atoms with Crippen LogP contribution in [0, 0.1) is 11.3 Å². The fraction of sp³-hybridized carbons (Fsp3) is 0.556. The van der Waals surface area contributed by atoms with Crippen LogP contribution < -0.4 is 14.8 Å². The molecule has 2 aliphatic heterocycles. The summed E-state index contributed by atoms with van der Waals surface area (Å²) in [6.07, 6.45) is 16.2. The van der Waals surface area contributed by atoms with E-state index in [0.29, 0.717) is 60.5 Å². The lowest BCUT2D eigenvalue weighted by atomic mass is 9.89. The summed E-state index contributed by atoms with van der Waals surface area (Å²) in [6.45, 7) is 6.69. The summed E-state index contributed by atoms with van der Waals surface area (Å²) in [7, 11) is 1.71. The molecule has 0 radical (unpaired) electrons. The Bertz CT molecular complexity index is 1720. The standard InChI is InChI=1S/C36H46N10O4/c1-24(47-3)12-13-49-35-33(19-45(43-35)29-6-8-30(9-7-29)46-31-10-11-32(46)21-48-20-31)42-36-39-16-28(17-40-36)26-4-5-27(15-37)34(14-26)50-25(2)18-44-23-38-22-41-44/h4-5,14,16-17,19,22-25,29-32H,6-13,18,20-21H2,1-3H3,(H,39,40,42)/t24?,25-,29?,30?,31-,32+/m0/s1. The van der Waals surface area contributed by atoms with Crippen molar-refractivity contribution in [2.24, 2.45) is 0 Å². The number of nitrogens with one attached hydrogen (secondary N) is 1. The number of hydrogen-bond acceptors (Lipinski definition) is 12. The summed E-state index contributed by atoms with van der Waals surface area (Å²) in [4.78, 5) is 16.0. The number of morpholine rings is 1. The average Bonchev–Trinajstić information content (AvgIpc) is 3.86. The molecule has 4 atom stereocenters. The quantitative estimate of drug-likeness (QED) is 0.187. The van der Waals surface area contributed by atoms with Gasteiger partial charge in [0.1, 0.15) is 36.3 Å². The highest BCUT2D eigenvalue weighted by atomic mass is 16.5. The van der Waals surface area contributed by atoms with E-state index in [-0.39, 0.29) is 12.2 Å². The van der Waals surface area contributed by atoms with Crippen molar-refractivity contribution in [2.45, 2.75) is 102 Å². The molecule has 5 heterocycles. The largest absolute Gasteiger partial charge is 0.487 e. The van der Waals surface area contributed by atoms with Crippen LogP contribution >= 0.6 is 0 Å². The van der Waals surface area contributed by atoms with Crippen molar-refractivity contribution in [1.29, 1.82) is 5.26 Å². The van der Waals surface area contributed by atoms with E-state index in [1.807, 2.05) is 32.2 Å². The Balaban J connectivity index is 1.03. The summed E-state index contributed by atoms with van der Waals surface area (Å²) < 4.78 is 27.4. The fourth-order valence-electron chi connectivity index (χ4n) is 7.47. The molecule has 14 heteroatoms. The molecule has 4 aromatic rings. The second-order valence-electron chi connectivity index (χ2n) is 13.6. The zero-order valence-electron chi connectivity index (χ0n) is 29.0. The minimum absolute atomic E-state index is 0.0835. The maximum Gasteiger partial charge on any atom is 0.256 e. The van der Waals surface area contributed by atoms with Gasteiger partial charge in [0.15, 0.2) is 0 Å². The summed E-state index contributed by atoms with van der Waals surface area (Å²) >= 11 is 0. The van der Waals surface area contributed by atoms with Crippen LogP contribution in [0.1, 0.15) is 70.4 Å². The molecule has 3 fully saturated rings. The average molecular weight is 683 g/mol. The zero-order chi connectivity index (χ0) is 34.5. The van der Waals surface area contributed by atoms with E-state index in [4.69, 9.17) is 24.0 Å². The Morgan fingerprint density at radius 2 is 1.72 bits per heavy atom. The molecule has 2 bridgehead atoms. The van der Waals surface area contributed by atoms with Gasteiger partial charge in [-0.25, -0.2) is 19.6 Å². The van der Waals surface area contributed by atoms with Gasteiger partial charge in [-0.1, -0.05) is 6.07 Å². The summed E-state index contributed by atoms with van der Waals surface area (Å²) in [5.41, 5.74) is 2.81. The van der Waals surface area contributed by atoms with Gasteiger partial charge in [0.05, 0.1) is 50.3 Å².